The summed E-state index contributed by atoms with van der Waals surface area (Å²) in [4.78, 5) is 2.45. The van der Waals surface area contributed by atoms with Crippen molar-refractivity contribution in [3.8, 4) is 0 Å². The van der Waals surface area contributed by atoms with Gasteiger partial charge in [0.15, 0.2) is 0 Å². The van der Waals surface area contributed by atoms with Gasteiger partial charge in [0.05, 0.1) is 0 Å². The van der Waals surface area contributed by atoms with Crippen molar-refractivity contribution in [3.05, 3.63) is 0 Å². The second-order valence-electron chi connectivity index (χ2n) is 4.57. The van der Waals surface area contributed by atoms with Crippen molar-refractivity contribution in [1.82, 2.24) is 10.2 Å². The summed E-state index contributed by atoms with van der Waals surface area (Å²) in [7, 11) is 2.22. The molecule has 1 N–H and O–H groups in total. The maximum Gasteiger partial charge on any atom is 0.0266 e. The van der Waals surface area contributed by atoms with Crippen molar-refractivity contribution in [2.24, 2.45) is 5.41 Å². The van der Waals surface area contributed by atoms with E-state index in [1.165, 1.54) is 6.54 Å². The summed E-state index contributed by atoms with van der Waals surface area (Å²) in [6.07, 6.45) is 0. The third kappa shape index (κ3) is 4.50. The third-order valence-corrected chi connectivity index (χ3v) is 2.51. The molecule has 4 heteroatoms. The summed E-state index contributed by atoms with van der Waals surface area (Å²) in [6, 6.07) is 0.691. The number of nitrogens with one attached hydrogen (secondary N) is 1. The molecule has 1 aliphatic heterocycles. The van der Waals surface area contributed by atoms with Gasteiger partial charge >= 0.3 is 0 Å². The van der Waals surface area contributed by atoms with E-state index >= 15 is 0 Å². The van der Waals surface area contributed by atoms with Crippen molar-refractivity contribution in [2.75, 3.05) is 26.7 Å². The highest BCUT2D eigenvalue weighted by Crippen LogP contribution is 2.23. The number of halogens is 2. The molecule has 1 saturated heterocycles. The van der Waals surface area contributed by atoms with Crippen LogP contribution in [0.4, 0.5) is 0 Å². The van der Waals surface area contributed by atoms with E-state index in [9.17, 15) is 0 Å². The summed E-state index contributed by atoms with van der Waals surface area (Å²) in [5, 5.41) is 3.43. The molecule has 0 amide bonds. The highest BCUT2D eigenvalue weighted by atomic mass is 35.5. The molecule has 1 unspecified atom stereocenters. The van der Waals surface area contributed by atoms with Crippen molar-refractivity contribution in [3.63, 3.8) is 0 Å². The highest BCUT2D eigenvalue weighted by Gasteiger charge is 2.29. The van der Waals surface area contributed by atoms with Crippen LogP contribution >= 0.6 is 24.8 Å². The number of rotatable bonds is 0. The van der Waals surface area contributed by atoms with Crippen molar-refractivity contribution >= 4 is 24.8 Å². The van der Waals surface area contributed by atoms with Crippen molar-refractivity contribution in [1.29, 1.82) is 0 Å². The lowest BCUT2D eigenvalue weighted by molar-refractivity contribution is 0.101. The van der Waals surface area contributed by atoms with Crippen LogP contribution in [0.15, 0.2) is 0 Å². The van der Waals surface area contributed by atoms with E-state index in [0.29, 0.717) is 11.5 Å². The molecule has 0 aromatic heterocycles. The molecule has 0 bridgehead atoms. The fourth-order valence-electron chi connectivity index (χ4n) is 1.77. The summed E-state index contributed by atoms with van der Waals surface area (Å²) in [5.41, 5.74) is 0.405. The van der Waals surface area contributed by atoms with Gasteiger partial charge in [0, 0.05) is 25.7 Å². The fraction of sp³-hybridized carbons (Fsp3) is 1.00. The highest BCUT2D eigenvalue weighted by molar-refractivity contribution is 5.85. The first-order valence-electron chi connectivity index (χ1n) is 4.43. The zero-order chi connectivity index (χ0) is 8.48. The van der Waals surface area contributed by atoms with Crippen LogP contribution in [0.3, 0.4) is 0 Å². The predicted molar refractivity (Wildman–Crippen MR) is 63.2 cm³/mol. The summed E-state index contributed by atoms with van der Waals surface area (Å²) < 4.78 is 0. The summed E-state index contributed by atoms with van der Waals surface area (Å²) >= 11 is 0. The van der Waals surface area contributed by atoms with Gasteiger partial charge in [-0.25, -0.2) is 0 Å². The largest absolute Gasteiger partial charge is 0.314 e. The van der Waals surface area contributed by atoms with Crippen LogP contribution < -0.4 is 5.32 Å². The van der Waals surface area contributed by atoms with E-state index in [1.807, 2.05) is 0 Å². The van der Waals surface area contributed by atoms with Crippen LogP contribution in [-0.2, 0) is 0 Å². The molecular formula is C9H22Cl2N2. The van der Waals surface area contributed by atoms with Crippen LogP contribution in [0.1, 0.15) is 20.8 Å². The Balaban J connectivity index is 0. The van der Waals surface area contributed by atoms with Gasteiger partial charge < -0.3 is 10.2 Å². The average Bonchev–Trinajstić information content (AvgIpc) is 1.86. The Labute approximate surface area is 94.3 Å². The van der Waals surface area contributed by atoms with Gasteiger partial charge in [0.2, 0.25) is 0 Å². The molecular weight excluding hydrogens is 207 g/mol. The first-order chi connectivity index (χ1) is 5.02. The van der Waals surface area contributed by atoms with Gasteiger partial charge in [-0.1, -0.05) is 20.8 Å². The predicted octanol–water partition coefficient (Wildman–Crippen LogP) is 1.78. The molecule has 0 radical (unpaired) electrons. The second kappa shape index (κ2) is 6.07. The van der Waals surface area contributed by atoms with E-state index in [4.69, 9.17) is 0 Å². The molecule has 1 atom stereocenters. The van der Waals surface area contributed by atoms with E-state index in [-0.39, 0.29) is 24.8 Å². The zero-order valence-corrected chi connectivity index (χ0v) is 10.6. The quantitative estimate of drug-likeness (QED) is 0.681. The molecule has 1 rings (SSSR count). The normalized spacial score (nSPS) is 24.5. The Hall–Kier alpha value is 0.500. The number of hydrogen-bond acceptors (Lipinski definition) is 2. The summed E-state index contributed by atoms with van der Waals surface area (Å²) in [6.45, 7) is 10.4. The molecule has 82 valence electrons. The van der Waals surface area contributed by atoms with Gasteiger partial charge in [-0.05, 0) is 12.5 Å². The molecule has 0 aromatic rings. The van der Waals surface area contributed by atoms with Crippen molar-refractivity contribution < 1.29 is 0 Å². The maximum absolute atomic E-state index is 3.43. The monoisotopic (exact) mass is 228 g/mol. The van der Waals surface area contributed by atoms with Gasteiger partial charge in [0.25, 0.3) is 0 Å². The molecule has 0 aliphatic carbocycles. The van der Waals surface area contributed by atoms with E-state index in [2.05, 4.69) is 38.0 Å². The number of likely N-dealkylation sites (N-methyl/N-ethyl adjacent to an activating group) is 1. The van der Waals surface area contributed by atoms with Crippen LogP contribution in [0.2, 0.25) is 0 Å². The number of nitrogens with zero attached hydrogens (tertiary/aromatic N) is 1. The van der Waals surface area contributed by atoms with E-state index in [1.54, 1.807) is 0 Å². The number of piperazine rings is 1. The Bertz CT molecular complexity index is 134. The standard InChI is InChI=1S/C9H20N2.2ClH/c1-9(2,3)8-7-10-5-6-11(8)4;;/h8,10H,5-7H2,1-4H3;2*1H. The molecule has 0 saturated carbocycles. The smallest absolute Gasteiger partial charge is 0.0266 e. The number of hydrogen-bond donors (Lipinski definition) is 1. The van der Waals surface area contributed by atoms with E-state index < -0.39 is 0 Å². The lowest BCUT2D eigenvalue weighted by Gasteiger charge is -2.41. The van der Waals surface area contributed by atoms with Crippen LogP contribution in [0, 0.1) is 5.41 Å². The van der Waals surface area contributed by atoms with Gasteiger partial charge in [-0.15, -0.1) is 24.8 Å². The molecule has 1 fully saturated rings. The molecule has 1 heterocycles. The fourth-order valence-corrected chi connectivity index (χ4v) is 1.77. The zero-order valence-electron chi connectivity index (χ0n) is 8.96. The van der Waals surface area contributed by atoms with Gasteiger partial charge in [-0.2, -0.15) is 0 Å². The van der Waals surface area contributed by atoms with Gasteiger partial charge in [-0.3, -0.25) is 0 Å². The third-order valence-electron chi connectivity index (χ3n) is 2.51. The SMILES string of the molecule is CN1CCNCC1C(C)(C)C.Cl.Cl. The average molecular weight is 229 g/mol. The lowest BCUT2D eigenvalue weighted by Crippen LogP contribution is -2.54. The van der Waals surface area contributed by atoms with Gasteiger partial charge in [0.1, 0.15) is 0 Å². The Morgan fingerprint density at radius 2 is 1.77 bits per heavy atom. The second-order valence-corrected chi connectivity index (χ2v) is 4.57. The maximum atomic E-state index is 3.43. The topological polar surface area (TPSA) is 15.3 Å². The first-order valence-corrected chi connectivity index (χ1v) is 4.43. The molecule has 2 nitrogen and oxygen atoms in total. The van der Waals surface area contributed by atoms with Crippen LogP contribution in [0.25, 0.3) is 0 Å². The Morgan fingerprint density at radius 1 is 1.23 bits per heavy atom. The van der Waals surface area contributed by atoms with Crippen LogP contribution in [0.5, 0.6) is 0 Å². The minimum absolute atomic E-state index is 0. The Kier molecular flexibility index (Phi) is 7.45. The van der Waals surface area contributed by atoms with E-state index in [0.717, 1.165) is 13.1 Å². The van der Waals surface area contributed by atoms with Crippen molar-refractivity contribution in [2.45, 2.75) is 26.8 Å². The molecule has 0 spiro atoms. The molecule has 1 aliphatic rings. The minimum Gasteiger partial charge on any atom is -0.314 e. The molecule has 13 heavy (non-hydrogen) atoms. The minimum atomic E-state index is 0. The molecule has 0 aromatic carbocycles. The summed E-state index contributed by atoms with van der Waals surface area (Å²) in [5.74, 6) is 0. The Morgan fingerprint density at radius 3 is 2.08 bits per heavy atom. The van der Waals surface area contributed by atoms with Crippen LogP contribution in [-0.4, -0.2) is 37.6 Å². The lowest BCUT2D eigenvalue weighted by atomic mass is 9.85. The first kappa shape index (κ1) is 15.9.